The Hall–Kier alpha value is -6.76. The van der Waals surface area contributed by atoms with E-state index in [0.717, 1.165) is 18.8 Å². The summed E-state index contributed by atoms with van der Waals surface area (Å²) in [6.07, 6.45) is 2.11. The number of hydrogen-bond acceptors (Lipinski definition) is 16. The van der Waals surface area contributed by atoms with Gasteiger partial charge in [0.2, 0.25) is 35.9 Å². The van der Waals surface area contributed by atoms with Crippen LogP contribution in [0.2, 0.25) is 5.35 Å². The lowest BCUT2D eigenvalue weighted by molar-refractivity contribution is 0.102. The lowest BCUT2D eigenvalue weighted by atomic mass is 10.2. The highest BCUT2D eigenvalue weighted by Gasteiger charge is 2.11. The Morgan fingerprint density at radius 3 is 1.78 bits per heavy atom. The molecule has 0 unspecified atom stereocenters. The summed E-state index contributed by atoms with van der Waals surface area (Å²) in [5.74, 6) is 0.0635. The first-order valence-electron chi connectivity index (χ1n) is 15.8. The molecule has 0 radical (unpaired) electrons. The molecule has 0 spiro atoms. The number of nitrogens with zero attached hydrogens (tertiary/aromatic N) is 4. The average molecular weight is 878 g/mol. The Morgan fingerprint density at radius 1 is 0.724 bits per heavy atom. The highest BCUT2D eigenvalue weighted by Crippen LogP contribution is 2.22. The third kappa shape index (κ3) is 15.8. The maximum atomic E-state index is 11.5. The van der Waals surface area contributed by atoms with Crippen molar-refractivity contribution >= 4 is 70.7 Å². The molecule has 0 atom stereocenters. The molecule has 0 saturated carbocycles. The van der Waals surface area contributed by atoms with Gasteiger partial charge in [-0.1, -0.05) is 70.1 Å². The van der Waals surface area contributed by atoms with Gasteiger partial charge in [0, 0.05) is 33.8 Å². The summed E-state index contributed by atoms with van der Waals surface area (Å²) in [5.41, 5.74) is 8.34. The third-order valence-corrected chi connectivity index (χ3v) is 8.30. The first-order valence-corrected chi connectivity index (χ1v) is 21.8. The summed E-state index contributed by atoms with van der Waals surface area (Å²) in [5, 5.41) is 10.5. The summed E-state index contributed by atoms with van der Waals surface area (Å²) >= 11 is 5.50. The third-order valence-electron chi connectivity index (χ3n) is 6.33. The van der Waals surface area contributed by atoms with Gasteiger partial charge in [0.15, 0.2) is 11.7 Å². The molecule has 0 aliphatic heterocycles. The summed E-state index contributed by atoms with van der Waals surface area (Å²) < 4.78 is 87.5. The molecule has 0 amide bonds. The van der Waals surface area contributed by atoms with Crippen LogP contribution in [0, 0.1) is 0 Å². The number of para-hydroxylation sites is 1. The number of ether oxygens (including phenoxy) is 1. The molecule has 6 aromatic rings. The second-order valence-corrected chi connectivity index (χ2v) is 17.0. The molecule has 0 aliphatic carbocycles. The number of sulfonamides is 3. The summed E-state index contributed by atoms with van der Waals surface area (Å²) in [4.78, 5) is 33.1. The first-order chi connectivity index (χ1) is 27.2. The molecular weight excluding hydrogens is 846 g/mol. The van der Waals surface area contributed by atoms with Crippen LogP contribution >= 0.6 is 11.6 Å². The standard InChI is InChI=1S/C15H15N3O5S.C9H8ClN3O3S.C9H9N3O4S/c1-24(20,21)18-12-7-5-6-11(10-12)14(16)17-23-15(19)22-13-8-3-2-4-9-13;1-17(14,15)13-7-4-2-3-6(5-7)8-11-9(10)16-12-8;1-17(14,15)12-7-4-2-3-6(5-7)8-10-9(13)16-11-8/h2-10,18H,1H3,(H2,16,17);2-5,13H,1H3;2-5,12H,1H3,(H,10,11,13). The van der Waals surface area contributed by atoms with Crippen molar-refractivity contribution in [2.75, 3.05) is 32.9 Å². The molecular formula is C33H32ClN9O12S3. The fourth-order valence-electron chi connectivity index (χ4n) is 4.26. The van der Waals surface area contributed by atoms with Gasteiger partial charge in [-0.25, -0.2) is 34.8 Å². The number of H-pyrrole nitrogens is 1. The number of nitrogens with two attached hydrogens (primary N) is 1. The van der Waals surface area contributed by atoms with E-state index < -0.39 is 42.0 Å². The van der Waals surface area contributed by atoms with Gasteiger partial charge in [0.05, 0.1) is 18.8 Å². The van der Waals surface area contributed by atoms with Gasteiger partial charge in [0.25, 0.3) is 0 Å². The zero-order valence-corrected chi connectivity index (χ0v) is 33.4. The smallest absolute Gasteiger partial charge is 0.393 e. The lowest BCUT2D eigenvalue weighted by Crippen LogP contribution is -2.17. The highest BCUT2D eigenvalue weighted by atomic mass is 35.5. The molecule has 25 heteroatoms. The van der Waals surface area contributed by atoms with Crippen LogP contribution in [-0.4, -0.2) is 76.3 Å². The maximum Gasteiger partial charge on any atom is 0.540 e. The molecule has 6 N–H and O–H groups in total. The molecule has 2 aromatic heterocycles. The number of anilines is 3. The van der Waals surface area contributed by atoms with Gasteiger partial charge < -0.3 is 15.0 Å². The SMILES string of the molecule is CS(=O)(=O)Nc1cccc(-c2noc(=O)[nH]2)c1.CS(=O)(=O)Nc1cccc(-c2noc(Cl)n2)c1.CS(=O)(=O)Nc1cccc(/C(N)=N\OC(=O)Oc2ccccc2)c1. The number of aromatic amines is 1. The average Bonchev–Trinajstić information content (AvgIpc) is 3.78. The van der Waals surface area contributed by atoms with Crippen LogP contribution in [0.5, 0.6) is 5.75 Å². The van der Waals surface area contributed by atoms with E-state index in [2.05, 4.69) is 53.5 Å². The first kappa shape index (κ1) is 44.0. The molecule has 0 aliphatic rings. The van der Waals surface area contributed by atoms with Crippen LogP contribution in [0.25, 0.3) is 22.8 Å². The van der Waals surface area contributed by atoms with Crippen LogP contribution in [0.4, 0.5) is 21.9 Å². The van der Waals surface area contributed by atoms with E-state index in [9.17, 15) is 34.8 Å². The second kappa shape index (κ2) is 19.4. The Morgan fingerprint density at radius 2 is 1.26 bits per heavy atom. The minimum Gasteiger partial charge on any atom is -0.393 e. The van der Waals surface area contributed by atoms with Gasteiger partial charge in [-0.2, -0.15) is 4.98 Å². The van der Waals surface area contributed by atoms with Crippen molar-refractivity contribution in [3.05, 3.63) is 125 Å². The summed E-state index contributed by atoms with van der Waals surface area (Å²) in [6, 6.07) is 27.5. The van der Waals surface area contributed by atoms with Crippen LogP contribution < -0.4 is 30.4 Å². The predicted octanol–water partition coefficient (Wildman–Crippen LogP) is 4.06. The number of oxime groups is 1. The van der Waals surface area contributed by atoms with Crippen molar-refractivity contribution in [2.45, 2.75) is 0 Å². The van der Waals surface area contributed by atoms with Crippen LogP contribution in [0.15, 0.2) is 122 Å². The van der Waals surface area contributed by atoms with E-state index in [1.807, 2.05) is 0 Å². The Kier molecular flexibility index (Phi) is 14.7. The van der Waals surface area contributed by atoms with E-state index in [-0.39, 0.29) is 17.0 Å². The number of hydrogen-bond donors (Lipinski definition) is 5. The van der Waals surface area contributed by atoms with E-state index in [1.54, 1.807) is 91.0 Å². The molecule has 21 nitrogen and oxygen atoms in total. The predicted molar refractivity (Wildman–Crippen MR) is 213 cm³/mol. The number of amidine groups is 1. The molecule has 2 heterocycles. The van der Waals surface area contributed by atoms with Crippen LogP contribution in [-0.2, 0) is 34.9 Å². The Balaban J connectivity index is 0.000000197. The van der Waals surface area contributed by atoms with E-state index >= 15 is 0 Å². The number of rotatable bonds is 11. The lowest BCUT2D eigenvalue weighted by Gasteiger charge is -2.06. The Labute approximate surface area is 335 Å². The van der Waals surface area contributed by atoms with Gasteiger partial charge in [-0.15, -0.1) is 0 Å². The number of halogens is 1. The number of carbonyl (C=O) groups is 1. The maximum absolute atomic E-state index is 11.5. The van der Waals surface area contributed by atoms with E-state index in [1.165, 1.54) is 12.1 Å². The van der Waals surface area contributed by atoms with E-state index in [0.29, 0.717) is 45.3 Å². The largest absolute Gasteiger partial charge is 0.540 e. The van der Waals surface area contributed by atoms with Crippen LogP contribution in [0.1, 0.15) is 5.56 Å². The van der Waals surface area contributed by atoms with Crippen molar-refractivity contribution in [1.29, 1.82) is 0 Å². The quantitative estimate of drug-likeness (QED) is 0.0306. The monoisotopic (exact) mass is 877 g/mol. The highest BCUT2D eigenvalue weighted by molar-refractivity contribution is 7.92. The molecule has 0 saturated heterocycles. The van der Waals surface area contributed by atoms with Crippen molar-refractivity contribution in [3.8, 4) is 28.5 Å². The normalized spacial score (nSPS) is 11.5. The Bertz CT molecular complexity index is 2780. The zero-order valence-electron chi connectivity index (χ0n) is 30.2. The minimum atomic E-state index is -3.42. The topological polar surface area (TPSA) is 310 Å². The second-order valence-electron chi connectivity index (χ2n) is 11.4. The van der Waals surface area contributed by atoms with Crippen molar-refractivity contribution in [2.24, 2.45) is 10.9 Å². The molecule has 4 aromatic carbocycles. The number of benzene rings is 4. The van der Waals surface area contributed by atoms with E-state index in [4.69, 9.17) is 22.1 Å². The van der Waals surface area contributed by atoms with Crippen molar-refractivity contribution < 1.29 is 48.7 Å². The fraction of sp³-hybridized carbons (Fsp3) is 0.0909. The zero-order chi connectivity index (χ0) is 42.5. The van der Waals surface area contributed by atoms with Gasteiger partial charge in [-0.3, -0.25) is 28.5 Å². The van der Waals surface area contributed by atoms with Gasteiger partial charge in [0.1, 0.15) is 5.75 Å². The number of nitrogens with one attached hydrogen (secondary N) is 4. The van der Waals surface area contributed by atoms with Crippen molar-refractivity contribution in [1.82, 2.24) is 20.3 Å². The number of aromatic nitrogens is 4. The molecule has 0 fully saturated rings. The summed E-state index contributed by atoms with van der Waals surface area (Å²) in [6.45, 7) is 0. The van der Waals surface area contributed by atoms with Gasteiger partial charge in [-0.05, 0) is 60.1 Å². The van der Waals surface area contributed by atoms with Gasteiger partial charge >= 0.3 is 17.3 Å². The summed E-state index contributed by atoms with van der Waals surface area (Å²) in [7, 11) is -10.1. The fourth-order valence-corrected chi connectivity index (χ4v) is 6.03. The molecule has 0 bridgehead atoms. The number of carbonyl (C=O) groups excluding carboxylic acids is 1. The molecule has 58 heavy (non-hydrogen) atoms. The van der Waals surface area contributed by atoms with Crippen molar-refractivity contribution in [3.63, 3.8) is 0 Å². The minimum absolute atomic E-state index is 0.0681. The molecule has 6 rings (SSSR count). The van der Waals surface area contributed by atoms with Crippen LogP contribution in [0.3, 0.4) is 0 Å². The molecule has 306 valence electrons.